The molecule has 2 saturated carbocycles. The van der Waals surface area contributed by atoms with E-state index in [-0.39, 0.29) is 5.91 Å². The van der Waals surface area contributed by atoms with Crippen molar-refractivity contribution in [2.75, 3.05) is 5.75 Å². The maximum absolute atomic E-state index is 12.9. The lowest BCUT2D eigenvalue weighted by Gasteiger charge is -2.29. The number of aromatic nitrogens is 3. The van der Waals surface area contributed by atoms with Crippen molar-refractivity contribution in [3.8, 4) is 11.4 Å². The summed E-state index contributed by atoms with van der Waals surface area (Å²) in [5, 5.41) is 9.46. The van der Waals surface area contributed by atoms with Crippen LogP contribution in [-0.2, 0) is 11.8 Å². The number of carbonyl (C=O) groups is 1. The van der Waals surface area contributed by atoms with Gasteiger partial charge in [0.15, 0.2) is 11.0 Å². The Kier molecular flexibility index (Phi) is 5.02. The molecule has 0 aliphatic heterocycles. The molecule has 138 valence electrons. The van der Waals surface area contributed by atoms with Gasteiger partial charge in [-0.3, -0.25) is 4.79 Å². The van der Waals surface area contributed by atoms with E-state index in [4.69, 9.17) is 0 Å². The third-order valence-corrected chi connectivity index (χ3v) is 6.39. The van der Waals surface area contributed by atoms with E-state index < -0.39 is 0 Å². The SMILES string of the molecule is Cc1cccc(-c2nnc(SCC(=O)N(C3CCCC3)C3CC3)n2C)c1. The summed E-state index contributed by atoms with van der Waals surface area (Å²) < 4.78 is 1.99. The molecule has 1 aromatic heterocycles. The lowest BCUT2D eigenvalue weighted by atomic mass is 10.1. The van der Waals surface area contributed by atoms with Gasteiger partial charge in [-0.1, -0.05) is 48.4 Å². The van der Waals surface area contributed by atoms with Crippen LogP contribution in [0, 0.1) is 6.92 Å². The Morgan fingerprint density at radius 1 is 1.19 bits per heavy atom. The zero-order valence-electron chi connectivity index (χ0n) is 15.5. The zero-order valence-corrected chi connectivity index (χ0v) is 16.3. The van der Waals surface area contributed by atoms with E-state index in [0.717, 1.165) is 16.5 Å². The smallest absolute Gasteiger partial charge is 0.233 e. The Balaban J connectivity index is 1.44. The Morgan fingerprint density at radius 3 is 2.62 bits per heavy atom. The standard InChI is InChI=1S/C20H26N4OS/c1-14-6-5-7-15(12-14)19-21-22-20(23(19)2)26-13-18(25)24(17-10-11-17)16-8-3-4-9-16/h5-7,12,16-17H,3-4,8-11,13H2,1-2H3. The molecule has 4 rings (SSSR count). The largest absolute Gasteiger partial charge is 0.336 e. The van der Waals surface area contributed by atoms with Gasteiger partial charge in [0.2, 0.25) is 5.91 Å². The van der Waals surface area contributed by atoms with Crippen LogP contribution in [0.15, 0.2) is 29.4 Å². The average molecular weight is 371 g/mol. The van der Waals surface area contributed by atoms with Gasteiger partial charge in [0, 0.05) is 24.7 Å². The molecule has 0 spiro atoms. The minimum atomic E-state index is 0.268. The number of carbonyl (C=O) groups excluding carboxylic acids is 1. The van der Waals surface area contributed by atoms with E-state index in [1.54, 1.807) is 0 Å². The fraction of sp³-hybridized carbons (Fsp3) is 0.550. The summed E-state index contributed by atoms with van der Waals surface area (Å²) in [6, 6.07) is 9.23. The molecule has 0 bridgehead atoms. The number of nitrogens with zero attached hydrogens (tertiary/aromatic N) is 4. The summed E-state index contributed by atoms with van der Waals surface area (Å²) in [5.41, 5.74) is 2.26. The Hall–Kier alpha value is -1.82. The van der Waals surface area contributed by atoms with Gasteiger partial charge in [0.25, 0.3) is 0 Å². The van der Waals surface area contributed by atoms with E-state index in [0.29, 0.717) is 17.8 Å². The Labute approximate surface area is 159 Å². The van der Waals surface area contributed by atoms with E-state index in [1.165, 1.54) is 55.9 Å². The predicted molar refractivity (Wildman–Crippen MR) is 104 cm³/mol. The van der Waals surface area contributed by atoms with Gasteiger partial charge in [0.05, 0.1) is 5.75 Å². The van der Waals surface area contributed by atoms with Gasteiger partial charge in [-0.05, 0) is 38.7 Å². The maximum Gasteiger partial charge on any atom is 0.233 e. The molecule has 1 amide bonds. The van der Waals surface area contributed by atoms with Crippen molar-refractivity contribution < 1.29 is 4.79 Å². The third kappa shape index (κ3) is 3.65. The third-order valence-electron chi connectivity index (χ3n) is 5.38. The predicted octanol–water partition coefficient (Wildman–Crippen LogP) is 3.82. The summed E-state index contributed by atoms with van der Waals surface area (Å²) in [6.45, 7) is 2.07. The zero-order chi connectivity index (χ0) is 18.1. The van der Waals surface area contributed by atoms with Gasteiger partial charge in [-0.15, -0.1) is 10.2 Å². The molecule has 1 heterocycles. The van der Waals surface area contributed by atoms with E-state index >= 15 is 0 Å². The van der Waals surface area contributed by atoms with Crippen LogP contribution in [0.2, 0.25) is 0 Å². The highest BCUT2D eigenvalue weighted by molar-refractivity contribution is 7.99. The van der Waals surface area contributed by atoms with E-state index in [1.807, 2.05) is 23.7 Å². The van der Waals surface area contributed by atoms with Crippen molar-refractivity contribution in [1.82, 2.24) is 19.7 Å². The number of amides is 1. The monoisotopic (exact) mass is 370 g/mol. The Morgan fingerprint density at radius 2 is 1.92 bits per heavy atom. The van der Waals surface area contributed by atoms with Crippen LogP contribution in [0.5, 0.6) is 0 Å². The number of thioether (sulfide) groups is 1. The normalized spacial score (nSPS) is 17.6. The van der Waals surface area contributed by atoms with E-state index in [2.05, 4.69) is 34.2 Å². The van der Waals surface area contributed by atoms with E-state index in [9.17, 15) is 4.79 Å². The summed E-state index contributed by atoms with van der Waals surface area (Å²) in [4.78, 5) is 15.1. The molecule has 2 aliphatic rings. The minimum Gasteiger partial charge on any atom is -0.336 e. The lowest BCUT2D eigenvalue weighted by Crippen LogP contribution is -2.41. The van der Waals surface area contributed by atoms with Crippen molar-refractivity contribution in [2.45, 2.75) is 62.7 Å². The molecular formula is C20H26N4OS. The number of benzene rings is 1. The van der Waals surface area contributed by atoms with Gasteiger partial charge in [-0.25, -0.2) is 0 Å². The van der Waals surface area contributed by atoms with Crippen molar-refractivity contribution >= 4 is 17.7 Å². The first-order chi connectivity index (χ1) is 12.6. The second kappa shape index (κ2) is 7.43. The van der Waals surface area contributed by atoms with Crippen molar-refractivity contribution in [2.24, 2.45) is 7.05 Å². The average Bonchev–Trinajstić information content (AvgIpc) is 3.16. The summed E-state index contributed by atoms with van der Waals surface area (Å²) in [5.74, 6) is 1.57. The lowest BCUT2D eigenvalue weighted by molar-refractivity contribution is -0.131. The first-order valence-corrected chi connectivity index (χ1v) is 10.5. The molecule has 2 fully saturated rings. The van der Waals surface area contributed by atoms with Crippen LogP contribution in [0.25, 0.3) is 11.4 Å². The first kappa shape index (κ1) is 17.6. The molecule has 2 aliphatic carbocycles. The van der Waals surface area contributed by atoms with Crippen LogP contribution < -0.4 is 0 Å². The molecule has 6 heteroatoms. The molecule has 0 N–H and O–H groups in total. The van der Waals surface area contributed by atoms with Crippen LogP contribution in [-0.4, -0.2) is 43.4 Å². The second-order valence-electron chi connectivity index (χ2n) is 7.49. The molecule has 0 atom stereocenters. The number of hydrogen-bond acceptors (Lipinski definition) is 4. The number of aryl methyl sites for hydroxylation is 1. The van der Waals surface area contributed by atoms with Gasteiger partial charge in [-0.2, -0.15) is 0 Å². The van der Waals surface area contributed by atoms with Crippen molar-refractivity contribution in [3.05, 3.63) is 29.8 Å². The van der Waals surface area contributed by atoms with Gasteiger partial charge in [0.1, 0.15) is 0 Å². The summed E-state index contributed by atoms with van der Waals surface area (Å²) >= 11 is 1.51. The quantitative estimate of drug-likeness (QED) is 0.726. The van der Waals surface area contributed by atoms with Crippen LogP contribution in [0.1, 0.15) is 44.1 Å². The molecule has 2 aromatic rings. The molecular weight excluding hydrogens is 344 g/mol. The van der Waals surface area contributed by atoms with Gasteiger partial charge >= 0.3 is 0 Å². The highest BCUT2D eigenvalue weighted by Crippen LogP contribution is 2.35. The van der Waals surface area contributed by atoms with Crippen molar-refractivity contribution in [3.63, 3.8) is 0 Å². The minimum absolute atomic E-state index is 0.268. The van der Waals surface area contributed by atoms with Crippen LogP contribution in [0.3, 0.4) is 0 Å². The summed E-state index contributed by atoms with van der Waals surface area (Å²) in [7, 11) is 1.97. The molecule has 5 nitrogen and oxygen atoms in total. The van der Waals surface area contributed by atoms with Crippen LogP contribution >= 0.6 is 11.8 Å². The molecule has 0 unspecified atom stereocenters. The Bertz CT molecular complexity index is 793. The van der Waals surface area contributed by atoms with Gasteiger partial charge < -0.3 is 9.47 Å². The second-order valence-corrected chi connectivity index (χ2v) is 8.44. The summed E-state index contributed by atoms with van der Waals surface area (Å²) in [6.07, 6.45) is 7.22. The molecule has 26 heavy (non-hydrogen) atoms. The van der Waals surface area contributed by atoms with Crippen molar-refractivity contribution in [1.29, 1.82) is 0 Å². The maximum atomic E-state index is 12.9. The van der Waals surface area contributed by atoms with Crippen LogP contribution in [0.4, 0.5) is 0 Å². The first-order valence-electron chi connectivity index (χ1n) is 9.54. The molecule has 0 saturated heterocycles. The molecule has 0 radical (unpaired) electrons. The topological polar surface area (TPSA) is 51.0 Å². The number of rotatable bonds is 6. The fourth-order valence-corrected chi connectivity index (χ4v) is 4.70. The highest BCUT2D eigenvalue weighted by atomic mass is 32.2. The highest BCUT2D eigenvalue weighted by Gasteiger charge is 2.38. The fourth-order valence-electron chi connectivity index (χ4n) is 3.92. The molecule has 1 aromatic carbocycles. The number of hydrogen-bond donors (Lipinski definition) is 0.